The number of fused-ring (bicyclic) bond motifs is 1. The van der Waals surface area contributed by atoms with Gasteiger partial charge in [0, 0.05) is 13.1 Å². The van der Waals surface area contributed by atoms with E-state index in [2.05, 4.69) is 15.6 Å². The summed E-state index contributed by atoms with van der Waals surface area (Å²) in [4.78, 5) is 13.1. The van der Waals surface area contributed by atoms with Crippen molar-refractivity contribution in [2.45, 2.75) is 77.3 Å². The molecule has 1 N–H and O–H groups in total. The maximum absolute atomic E-state index is 13.7. The molecule has 2 aliphatic rings. The molecule has 1 saturated heterocycles. The lowest BCUT2D eigenvalue weighted by molar-refractivity contribution is -0.162. The number of para-hydroxylation sites is 1. The van der Waals surface area contributed by atoms with Crippen LogP contribution in [0, 0.1) is 18.3 Å². The van der Waals surface area contributed by atoms with Gasteiger partial charge in [-0.1, -0.05) is 35.5 Å². The normalized spacial score (nSPS) is 19.9. The van der Waals surface area contributed by atoms with E-state index in [0.717, 1.165) is 49.2 Å². The van der Waals surface area contributed by atoms with E-state index in [0.29, 0.717) is 17.4 Å². The Kier molecular flexibility index (Phi) is 9.74. The minimum Gasteiger partial charge on any atom is -0.488 e. The number of nitrogens with zero attached hydrogens (tertiary/aromatic N) is 4. The average Bonchev–Trinajstić information content (AvgIpc) is 3.41. The second-order valence-corrected chi connectivity index (χ2v) is 14.3. The van der Waals surface area contributed by atoms with Crippen LogP contribution in [0.15, 0.2) is 53.6 Å². The molecule has 3 aromatic rings. The minimum atomic E-state index is -3.82. The molecule has 2 aliphatic heterocycles. The molecule has 11 nitrogen and oxygen atoms in total. The molecule has 2 aromatic carbocycles. The number of rotatable bonds is 10. The van der Waals surface area contributed by atoms with Crippen LogP contribution in [0.4, 0.5) is 0 Å². The summed E-state index contributed by atoms with van der Waals surface area (Å²) in [7, 11) is -2.46. The molecule has 1 aromatic heterocycles. The highest BCUT2D eigenvalue weighted by molar-refractivity contribution is 7.89. The van der Waals surface area contributed by atoms with E-state index in [4.69, 9.17) is 14.2 Å². The monoisotopic (exact) mass is 625 g/mol. The number of aromatic nitrogens is 3. The molecule has 0 aliphatic carbocycles. The highest BCUT2D eigenvalue weighted by Gasteiger charge is 2.41. The smallest absolute Gasteiger partial charge is 0.314 e. The number of carbonyl (C=O) groups excluding carboxylic acids is 1. The molecule has 238 valence electrons. The van der Waals surface area contributed by atoms with Gasteiger partial charge in [-0.2, -0.15) is 4.31 Å². The molecular weight excluding hydrogens is 582 g/mol. The van der Waals surface area contributed by atoms with Crippen LogP contribution < -0.4 is 10.1 Å². The number of methoxy groups -OCH3 is 1. The highest BCUT2D eigenvalue weighted by atomic mass is 32.2. The Morgan fingerprint density at radius 3 is 2.68 bits per heavy atom. The zero-order valence-electron chi connectivity index (χ0n) is 26.2. The maximum Gasteiger partial charge on any atom is 0.314 e. The van der Waals surface area contributed by atoms with Crippen molar-refractivity contribution in [3.05, 3.63) is 71.0 Å². The summed E-state index contributed by atoms with van der Waals surface area (Å²) in [5.74, 6) is 0.491. The first-order chi connectivity index (χ1) is 21.0. The second-order valence-electron chi connectivity index (χ2n) is 12.4. The lowest BCUT2D eigenvalue weighted by Gasteiger charge is -2.32. The largest absolute Gasteiger partial charge is 0.488 e. The van der Waals surface area contributed by atoms with Crippen molar-refractivity contribution in [3.63, 3.8) is 0 Å². The van der Waals surface area contributed by atoms with Crippen molar-refractivity contribution in [2.75, 3.05) is 26.7 Å². The van der Waals surface area contributed by atoms with Crippen molar-refractivity contribution >= 4 is 16.0 Å². The molecule has 0 radical (unpaired) electrons. The summed E-state index contributed by atoms with van der Waals surface area (Å²) in [6.45, 7) is 10.7. The molecule has 1 unspecified atom stereocenters. The number of carbonyl (C=O) groups is 1. The zero-order chi connectivity index (χ0) is 31.5. The van der Waals surface area contributed by atoms with E-state index in [1.807, 2.05) is 42.9 Å². The Balaban J connectivity index is 1.40. The number of esters is 1. The molecule has 5 rings (SSSR count). The lowest BCUT2D eigenvalue weighted by atomic mass is 9.81. The maximum atomic E-state index is 13.7. The number of piperidine rings is 1. The number of ether oxygens (including phenoxy) is 3. The molecule has 3 heterocycles. The fourth-order valence-corrected chi connectivity index (χ4v) is 7.60. The Labute approximate surface area is 259 Å². The Morgan fingerprint density at radius 2 is 1.93 bits per heavy atom. The summed E-state index contributed by atoms with van der Waals surface area (Å²) in [6, 6.07) is 12.5. The van der Waals surface area contributed by atoms with Crippen LogP contribution in [0.1, 0.15) is 62.1 Å². The molecule has 0 saturated carbocycles. The van der Waals surface area contributed by atoms with E-state index < -0.39 is 27.5 Å². The van der Waals surface area contributed by atoms with Crippen molar-refractivity contribution < 1.29 is 27.4 Å². The van der Waals surface area contributed by atoms with Gasteiger partial charge in [0.15, 0.2) is 0 Å². The van der Waals surface area contributed by atoms with Gasteiger partial charge >= 0.3 is 5.97 Å². The Bertz CT molecular complexity index is 1570. The van der Waals surface area contributed by atoms with Crippen LogP contribution in [0.3, 0.4) is 0 Å². The van der Waals surface area contributed by atoms with Gasteiger partial charge in [0.05, 0.1) is 38.0 Å². The number of aryl methyl sites for hydroxylation is 1. The fourth-order valence-electron chi connectivity index (χ4n) is 5.99. The van der Waals surface area contributed by atoms with E-state index in [1.54, 1.807) is 38.1 Å². The SMILES string of the molecule is COC(=O)C(C)(C)C(OCc1cn(CC2CCNCC2)nn1)c1ccc(C)c(CN2C[C@@H](C)Oc3ccccc3S2(=O)=O)c1. The Morgan fingerprint density at radius 1 is 1.18 bits per heavy atom. The quantitative estimate of drug-likeness (QED) is 0.333. The molecular formula is C32H43N5O6S. The van der Waals surface area contributed by atoms with Gasteiger partial charge < -0.3 is 19.5 Å². The van der Waals surface area contributed by atoms with Gasteiger partial charge in [-0.3, -0.25) is 9.48 Å². The van der Waals surface area contributed by atoms with E-state index in [1.165, 1.54) is 11.4 Å². The molecule has 1 fully saturated rings. The van der Waals surface area contributed by atoms with Crippen molar-refractivity contribution in [1.82, 2.24) is 24.6 Å². The van der Waals surface area contributed by atoms with Gasteiger partial charge in [0.25, 0.3) is 0 Å². The molecule has 0 amide bonds. The van der Waals surface area contributed by atoms with Gasteiger partial charge in [-0.25, -0.2) is 8.42 Å². The number of sulfonamides is 1. The minimum absolute atomic E-state index is 0.139. The molecule has 0 bridgehead atoms. The van der Waals surface area contributed by atoms with Crippen LogP contribution in [-0.4, -0.2) is 66.5 Å². The number of nitrogens with one attached hydrogen (secondary N) is 1. The van der Waals surface area contributed by atoms with Crippen molar-refractivity contribution in [1.29, 1.82) is 0 Å². The van der Waals surface area contributed by atoms with Crippen LogP contribution in [-0.2, 0) is 44.0 Å². The van der Waals surface area contributed by atoms with Crippen molar-refractivity contribution in [2.24, 2.45) is 11.3 Å². The molecule has 12 heteroatoms. The van der Waals surface area contributed by atoms with Crippen molar-refractivity contribution in [3.8, 4) is 5.75 Å². The van der Waals surface area contributed by atoms with Gasteiger partial charge in [0.2, 0.25) is 10.0 Å². The molecule has 44 heavy (non-hydrogen) atoms. The predicted molar refractivity (Wildman–Crippen MR) is 164 cm³/mol. The first-order valence-electron chi connectivity index (χ1n) is 15.1. The third-order valence-electron chi connectivity index (χ3n) is 8.53. The molecule has 0 spiro atoms. The summed E-state index contributed by atoms with van der Waals surface area (Å²) in [6.07, 6.45) is 3.07. The number of benzene rings is 2. The van der Waals surface area contributed by atoms with Crippen LogP contribution >= 0.6 is 0 Å². The van der Waals surface area contributed by atoms with Gasteiger partial charge in [-0.05, 0) is 88.4 Å². The fraction of sp³-hybridized carbons (Fsp3) is 0.531. The number of hydrogen-bond donors (Lipinski definition) is 1. The first kappa shape index (κ1) is 32.1. The standard InChI is InChI=1S/C32H43N5O6S/c1-22-10-11-25(16-26(22)19-37-17-23(2)43-28-8-6-7-9-29(28)44(37,39)40)30(32(3,4)31(38)41-5)42-21-27-20-36(35-34-27)18-24-12-14-33-15-13-24/h6-11,16,20,23-24,30,33H,12-15,17-19,21H2,1-5H3/t23-,30?/m1/s1. The molecule has 2 atom stereocenters. The summed E-state index contributed by atoms with van der Waals surface area (Å²) < 4.78 is 48.3. The summed E-state index contributed by atoms with van der Waals surface area (Å²) in [5, 5.41) is 12.0. The highest BCUT2D eigenvalue weighted by Crippen LogP contribution is 2.40. The van der Waals surface area contributed by atoms with E-state index in [9.17, 15) is 13.2 Å². The van der Waals surface area contributed by atoms with Gasteiger partial charge in [0.1, 0.15) is 22.4 Å². The first-order valence-corrected chi connectivity index (χ1v) is 16.6. The summed E-state index contributed by atoms with van der Waals surface area (Å²) >= 11 is 0. The van der Waals surface area contributed by atoms with Crippen LogP contribution in [0.2, 0.25) is 0 Å². The van der Waals surface area contributed by atoms with E-state index in [-0.39, 0.29) is 30.7 Å². The average molecular weight is 626 g/mol. The zero-order valence-corrected chi connectivity index (χ0v) is 27.0. The topological polar surface area (TPSA) is 125 Å². The third kappa shape index (κ3) is 6.98. The van der Waals surface area contributed by atoms with Gasteiger partial charge in [-0.15, -0.1) is 5.10 Å². The number of hydrogen-bond acceptors (Lipinski definition) is 9. The lowest BCUT2D eigenvalue weighted by Crippen LogP contribution is -2.36. The summed E-state index contributed by atoms with van der Waals surface area (Å²) in [5.41, 5.74) is 2.08. The second kappa shape index (κ2) is 13.4. The van der Waals surface area contributed by atoms with Crippen LogP contribution in [0.5, 0.6) is 5.75 Å². The Hall–Kier alpha value is -3.32. The predicted octanol–water partition coefficient (Wildman–Crippen LogP) is 4.02. The third-order valence-corrected chi connectivity index (χ3v) is 10.4. The van der Waals surface area contributed by atoms with Crippen LogP contribution in [0.25, 0.3) is 0 Å². The van der Waals surface area contributed by atoms with E-state index >= 15 is 0 Å².